The predicted octanol–water partition coefficient (Wildman–Crippen LogP) is 5.13. The van der Waals surface area contributed by atoms with E-state index in [9.17, 15) is 0 Å². The number of hydrogen-bond acceptors (Lipinski definition) is 9. The maximum Gasteiger partial charge on any atom is 0.231 e. The zero-order valence-electron chi connectivity index (χ0n) is 23.2. The molecule has 0 unspecified atom stereocenters. The summed E-state index contributed by atoms with van der Waals surface area (Å²) in [5.74, 6) is 1.03. The van der Waals surface area contributed by atoms with E-state index in [1.165, 1.54) is 11.3 Å². The number of piperidine rings is 1. The van der Waals surface area contributed by atoms with Gasteiger partial charge in [0.15, 0.2) is 5.82 Å². The minimum absolute atomic E-state index is 0.219. The second-order valence-electron chi connectivity index (χ2n) is 11.5. The fraction of sp³-hybridized carbons (Fsp3) is 0.400. The van der Waals surface area contributed by atoms with Gasteiger partial charge in [0.2, 0.25) is 5.95 Å². The van der Waals surface area contributed by atoms with E-state index in [0.29, 0.717) is 23.4 Å². The lowest BCUT2D eigenvalue weighted by molar-refractivity contribution is 0.0981. The molecule has 9 nitrogen and oxygen atoms in total. The van der Waals surface area contributed by atoms with Gasteiger partial charge in [0, 0.05) is 63.7 Å². The number of likely N-dealkylation sites (N-methyl/N-ethyl adjacent to an activating group) is 1. The van der Waals surface area contributed by atoms with Crippen LogP contribution >= 0.6 is 12.1 Å². The van der Waals surface area contributed by atoms with E-state index in [4.69, 9.17) is 9.97 Å². The van der Waals surface area contributed by atoms with Gasteiger partial charge in [0.1, 0.15) is 11.5 Å². The van der Waals surface area contributed by atoms with Crippen molar-refractivity contribution >= 4 is 57.7 Å². The molecular formula is C30H34FN9S. The van der Waals surface area contributed by atoms with Crippen molar-refractivity contribution in [1.29, 1.82) is 0 Å². The van der Waals surface area contributed by atoms with Crippen LogP contribution in [-0.2, 0) is 6.42 Å². The molecule has 4 aromatic rings. The molecule has 2 aromatic carbocycles. The van der Waals surface area contributed by atoms with Gasteiger partial charge in [-0.3, -0.25) is 9.21 Å². The number of benzene rings is 2. The minimum atomic E-state index is -0.219. The summed E-state index contributed by atoms with van der Waals surface area (Å²) in [4.78, 5) is 20.1. The first-order valence-electron chi connectivity index (χ1n) is 14.6. The Morgan fingerprint density at radius 3 is 2.63 bits per heavy atom. The molecule has 4 aliphatic rings. The van der Waals surface area contributed by atoms with Gasteiger partial charge in [-0.05, 0) is 62.2 Å². The number of para-hydroxylation sites is 1. The van der Waals surface area contributed by atoms with Crippen LogP contribution in [0.5, 0.6) is 0 Å². The largest absolute Gasteiger partial charge is 0.369 e. The number of piperazine rings is 1. The molecule has 0 aliphatic carbocycles. The van der Waals surface area contributed by atoms with Gasteiger partial charge in [0.05, 0.1) is 34.6 Å². The van der Waals surface area contributed by atoms with Crippen molar-refractivity contribution in [3.63, 3.8) is 0 Å². The lowest BCUT2D eigenvalue weighted by atomic mass is 10.0. The van der Waals surface area contributed by atoms with Gasteiger partial charge < -0.3 is 20.1 Å². The molecule has 0 spiro atoms. The van der Waals surface area contributed by atoms with E-state index in [-0.39, 0.29) is 5.82 Å². The summed E-state index contributed by atoms with van der Waals surface area (Å²) in [6, 6.07) is 14.5. The zero-order chi connectivity index (χ0) is 27.5. The SMILES string of the molecule is CN1CCN(C2CCN(c3ccc(Nc4nc(N5SN6CCc7cccc5c76)c5cc[nH]c5n4)cc3F)CC2)CC1. The molecule has 2 aromatic heterocycles. The fourth-order valence-electron chi connectivity index (χ4n) is 6.71. The van der Waals surface area contributed by atoms with Gasteiger partial charge >= 0.3 is 0 Å². The highest BCUT2D eigenvalue weighted by molar-refractivity contribution is 8.02. The Morgan fingerprint density at radius 1 is 0.951 bits per heavy atom. The number of anilines is 6. The molecule has 4 aliphatic heterocycles. The van der Waals surface area contributed by atoms with Crippen LogP contribution in [0.25, 0.3) is 11.0 Å². The van der Waals surface area contributed by atoms with Gasteiger partial charge in [-0.25, -0.2) is 8.70 Å². The number of nitrogens with zero attached hydrogens (tertiary/aromatic N) is 7. The highest BCUT2D eigenvalue weighted by Crippen LogP contribution is 2.53. The normalized spacial score (nSPS) is 19.9. The molecule has 2 N–H and O–H groups in total. The summed E-state index contributed by atoms with van der Waals surface area (Å²) in [5.41, 5.74) is 5.84. The number of aromatic amines is 1. The smallest absolute Gasteiger partial charge is 0.231 e. The molecule has 41 heavy (non-hydrogen) atoms. The number of hydrogen-bond donors (Lipinski definition) is 2. The van der Waals surface area contributed by atoms with Crippen LogP contribution in [0.4, 0.5) is 38.9 Å². The van der Waals surface area contributed by atoms with Gasteiger partial charge in [-0.1, -0.05) is 12.1 Å². The maximum absolute atomic E-state index is 15.5. The van der Waals surface area contributed by atoms with Crippen LogP contribution < -0.4 is 18.8 Å². The molecule has 0 bridgehead atoms. The first kappa shape index (κ1) is 25.2. The van der Waals surface area contributed by atoms with E-state index in [1.54, 1.807) is 18.2 Å². The van der Waals surface area contributed by atoms with E-state index >= 15 is 4.39 Å². The Hall–Kier alpha value is -3.54. The second kappa shape index (κ2) is 10.1. The van der Waals surface area contributed by atoms with Gasteiger partial charge in [0.25, 0.3) is 0 Å². The van der Waals surface area contributed by atoms with Crippen molar-refractivity contribution in [2.24, 2.45) is 0 Å². The van der Waals surface area contributed by atoms with Crippen LogP contribution in [0, 0.1) is 5.82 Å². The summed E-state index contributed by atoms with van der Waals surface area (Å²) < 4.78 is 20.0. The van der Waals surface area contributed by atoms with Crippen molar-refractivity contribution < 1.29 is 4.39 Å². The van der Waals surface area contributed by atoms with Gasteiger partial charge in [-0.15, -0.1) is 0 Å². The van der Waals surface area contributed by atoms with Gasteiger partial charge in [-0.2, -0.15) is 9.97 Å². The van der Waals surface area contributed by atoms with Crippen LogP contribution in [0.15, 0.2) is 48.7 Å². The van der Waals surface area contributed by atoms with Crippen molar-refractivity contribution in [3.05, 3.63) is 60.0 Å². The molecule has 2 saturated heterocycles. The molecule has 212 valence electrons. The molecule has 8 rings (SSSR count). The number of nitrogens with one attached hydrogen (secondary N) is 2. The zero-order valence-corrected chi connectivity index (χ0v) is 24.0. The molecular weight excluding hydrogens is 537 g/mol. The number of rotatable bonds is 5. The molecule has 2 fully saturated rings. The summed E-state index contributed by atoms with van der Waals surface area (Å²) >= 11 is 1.67. The molecule has 0 atom stereocenters. The topological polar surface area (TPSA) is 69.8 Å². The third kappa shape index (κ3) is 4.47. The summed E-state index contributed by atoms with van der Waals surface area (Å²) in [5, 5.41) is 4.22. The van der Waals surface area contributed by atoms with E-state index in [1.807, 2.05) is 24.4 Å². The third-order valence-electron chi connectivity index (χ3n) is 8.98. The highest BCUT2D eigenvalue weighted by atomic mass is 32.2. The number of halogens is 1. The van der Waals surface area contributed by atoms with Crippen LogP contribution in [0.2, 0.25) is 0 Å². The average Bonchev–Trinajstić information content (AvgIpc) is 3.73. The van der Waals surface area contributed by atoms with Crippen LogP contribution in [0.3, 0.4) is 0 Å². The standard InChI is InChI=1S/C30H34FN9S/c1-36-15-17-37(18-16-36)22-9-12-38(13-10-22)25-6-5-21(19-24(25)31)33-30-34-28-23(7-11-32-28)29(35-30)40-26-4-2-3-20-8-14-39(41-40)27(20)26/h2-7,11,19,22H,8-10,12-18H2,1H3,(H2,32,33,34,35). The summed E-state index contributed by atoms with van der Waals surface area (Å²) in [6.07, 6.45) is 5.10. The fourth-order valence-corrected chi connectivity index (χ4v) is 7.82. The molecule has 11 heteroatoms. The minimum Gasteiger partial charge on any atom is -0.369 e. The van der Waals surface area contributed by atoms with Crippen LogP contribution in [-0.4, -0.2) is 83.7 Å². The highest BCUT2D eigenvalue weighted by Gasteiger charge is 2.36. The average molecular weight is 572 g/mol. The first-order chi connectivity index (χ1) is 20.1. The Bertz CT molecular complexity index is 1590. The van der Waals surface area contributed by atoms with Crippen molar-refractivity contribution in [3.8, 4) is 0 Å². The molecule has 0 amide bonds. The Morgan fingerprint density at radius 2 is 1.80 bits per heavy atom. The lowest BCUT2D eigenvalue weighted by Gasteiger charge is -2.42. The Balaban J connectivity index is 1.00. The molecule has 0 saturated carbocycles. The predicted molar refractivity (Wildman–Crippen MR) is 165 cm³/mol. The number of H-pyrrole nitrogens is 1. The van der Waals surface area contributed by atoms with Crippen molar-refractivity contribution in [1.82, 2.24) is 24.8 Å². The Kier molecular flexibility index (Phi) is 6.19. The van der Waals surface area contributed by atoms with E-state index in [0.717, 1.165) is 87.6 Å². The summed E-state index contributed by atoms with van der Waals surface area (Å²) in [6.45, 7) is 7.28. The second-order valence-corrected chi connectivity index (χ2v) is 12.4. The maximum atomic E-state index is 15.5. The van der Waals surface area contributed by atoms with E-state index in [2.05, 4.69) is 58.9 Å². The third-order valence-corrected chi connectivity index (χ3v) is 10.1. The summed E-state index contributed by atoms with van der Waals surface area (Å²) in [7, 11) is 2.19. The quantitative estimate of drug-likeness (QED) is 0.317. The van der Waals surface area contributed by atoms with Crippen molar-refractivity contribution in [2.45, 2.75) is 25.3 Å². The Labute approximate surface area is 243 Å². The van der Waals surface area contributed by atoms with Crippen molar-refractivity contribution in [2.75, 3.05) is 71.7 Å². The first-order valence-corrected chi connectivity index (χ1v) is 15.3. The lowest BCUT2D eigenvalue weighted by Crippen LogP contribution is -2.52. The molecule has 6 heterocycles. The number of aromatic nitrogens is 3. The molecule has 0 radical (unpaired) electrons. The monoisotopic (exact) mass is 571 g/mol. The van der Waals surface area contributed by atoms with E-state index < -0.39 is 0 Å². The number of fused-ring (bicyclic) bond motifs is 1. The van der Waals surface area contributed by atoms with Crippen LogP contribution in [0.1, 0.15) is 18.4 Å².